The van der Waals surface area contributed by atoms with Crippen molar-refractivity contribution < 1.29 is 4.79 Å². The summed E-state index contributed by atoms with van der Waals surface area (Å²) in [4.78, 5) is 12.7. The van der Waals surface area contributed by atoms with E-state index in [0.717, 1.165) is 22.4 Å². The van der Waals surface area contributed by atoms with Crippen LogP contribution in [-0.4, -0.2) is 36.2 Å². The molecule has 2 aromatic heterocycles. The molecular weight excluding hydrogens is 456 g/mol. The van der Waals surface area contributed by atoms with Gasteiger partial charge in [-0.3, -0.25) is 9.36 Å². The van der Waals surface area contributed by atoms with Crippen LogP contribution in [-0.2, 0) is 4.79 Å². The van der Waals surface area contributed by atoms with Gasteiger partial charge in [0.05, 0.1) is 22.7 Å². The van der Waals surface area contributed by atoms with Crippen molar-refractivity contribution in [2.24, 2.45) is 0 Å². The number of rotatable bonds is 7. The highest BCUT2D eigenvalue weighted by Crippen LogP contribution is 2.33. The summed E-state index contributed by atoms with van der Waals surface area (Å²) < 4.78 is 3.75. The third-order valence-corrected chi connectivity index (χ3v) is 6.37. The molecule has 0 saturated carbocycles. The van der Waals surface area contributed by atoms with Crippen LogP contribution >= 0.6 is 23.4 Å². The van der Waals surface area contributed by atoms with Gasteiger partial charge in [0.1, 0.15) is 5.82 Å². The molecule has 0 bridgehead atoms. The third kappa shape index (κ3) is 4.96. The van der Waals surface area contributed by atoms with Crippen molar-refractivity contribution >= 4 is 35.1 Å². The highest BCUT2D eigenvalue weighted by molar-refractivity contribution is 7.99. The Morgan fingerprint density at radius 3 is 2.67 bits per heavy atom. The first-order valence-electron chi connectivity index (χ1n) is 10.6. The summed E-state index contributed by atoms with van der Waals surface area (Å²) in [5.74, 6) is 1.34. The molecule has 2 heterocycles. The molecule has 0 saturated heterocycles. The monoisotopic (exact) mass is 480 g/mol. The van der Waals surface area contributed by atoms with Crippen molar-refractivity contribution in [1.29, 1.82) is 0 Å². The Kier molecular flexibility index (Phi) is 6.85. The zero-order valence-corrected chi connectivity index (χ0v) is 20.5. The molecule has 0 atom stereocenters. The van der Waals surface area contributed by atoms with Gasteiger partial charge < -0.3 is 5.32 Å². The second-order valence-corrected chi connectivity index (χ2v) is 9.35. The van der Waals surface area contributed by atoms with Crippen molar-refractivity contribution in [3.8, 4) is 17.1 Å². The van der Waals surface area contributed by atoms with E-state index in [1.807, 2.05) is 56.5 Å². The summed E-state index contributed by atoms with van der Waals surface area (Å²) in [6, 6.07) is 15.7. The molecule has 0 aliphatic rings. The van der Waals surface area contributed by atoms with E-state index in [1.54, 1.807) is 16.9 Å². The fraction of sp³-hybridized carbons (Fsp3) is 0.250. The Balaban J connectivity index is 1.66. The smallest absolute Gasteiger partial charge is 0.235 e. The molecule has 0 unspecified atom stereocenters. The lowest BCUT2D eigenvalue weighted by atomic mass is 10.1. The van der Waals surface area contributed by atoms with Crippen molar-refractivity contribution in [2.75, 3.05) is 11.1 Å². The molecule has 1 amide bonds. The highest BCUT2D eigenvalue weighted by Gasteiger charge is 2.20. The Morgan fingerprint density at radius 1 is 1.12 bits per heavy atom. The largest absolute Gasteiger partial charge is 0.310 e. The number of thioether (sulfide) groups is 1. The molecule has 170 valence electrons. The van der Waals surface area contributed by atoms with E-state index in [0.29, 0.717) is 21.8 Å². The first-order chi connectivity index (χ1) is 15.8. The fourth-order valence-electron chi connectivity index (χ4n) is 3.49. The standard InChI is InChI=1S/C24H25ClN6OS/c1-15(2)31-21(11-12-26-31)27-22(32)14-33-24-29-28-23(18-7-5-6-8-19(18)25)30(24)20-13-16(3)9-10-17(20)4/h5-13,15H,14H2,1-4H3,(H,27,32). The molecule has 0 radical (unpaired) electrons. The second-order valence-electron chi connectivity index (χ2n) is 8.00. The van der Waals surface area contributed by atoms with Gasteiger partial charge in [0.15, 0.2) is 11.0 Å². The molecule has 9 heteroatoms. The quantitative estimate of drug-likeness (QED) is 0.342. The van der Waals surface area contributed by atoms with Crippen molar-refractivity contribution in [3.63, 3.8) is 0 Å². The van der Waals surface area contributed by atoms with Gasteiger partial charge in [-0.1, -0.05) is 47.6 Å². The average molecular weight is 481 g/mol. The lowest BCUT2D eigenvalue weighted by molar-refractivity contribution is -0.113. The number of nitrogens with one attached hydrogen (secondary N) is 1. The van der Waals surface area contributed by atoms with Gasteiger partial charge in [0, 0.05) is 17.7 Å². The minimum absolute atomic E-state index is 0.141. The van der Waals surface area contributed by atoms with Crippen LogP contribution in [0.1, 0.15) is 31.0 Å². The lowest BCUT2D eigenvalue weighted by Gasteiger charge is -2.15. The number of aromatic nitrogens is 5. The van der Waals surface area contributed by atoms with Crippen LogP contribution in [0.2, 0.25) is 5.02 Å². The van der Waals surface area contributed by atoms with Gasteiger partial charge in [-0.05, 0) is 57.0 Å². The van der Waals surface area contributed by atoms with E-state index < -0.39 is 0 Å². The number of anilines is 1. The fourth-order valence-corrected chi connectivity index (χ4v) is 4.46. The number of hydrogen-bond acceptors (Lipinski definition) is 5. The van der Waals surface area contributed by atoms with E-state index in [1.165, 1.54) is 11.8 Å². The van der Waals surface area contributed by atoms with Crippen LogP contribution in [0.15, 0.2) is 59.9 Å². The molecule has 4 rings (SSSR count). The molecule has 0 fully saturated rings. The average Bonchev–Trinajstić information content (AvgIpc) is 3.41. The Bertz CT molecular complexity index is 1300. The van der Waals surface area contributed by atoms with E-state index in [2.05, 4.69) is 38.8 Å². The van der Waals surface area contributed by atoms with Gasteiger partial charge >= 0.3 is 0 Å². The predicted molar refractivity (Wildman–Crippen MR) is 133 cm³/mol. The van der Waals surface area contributed by atoms with Crippen molar-refractivity contribution in [2.45, 2.75) is 38.9 Å². The minimum Gasteiger partial charge on any atom is -0.310 e. The van der Waals surface area contributed by atoms with Gasteiger partial charge in [-0.2, -0.15) is 5.10 Å². The van der Waals surface area contributed by atoms with E-state index in [-0.39, 0.29) is 17.7 Å². The highest BCUT2D eigenvalue weighted by atomic mass is 35.5. The molecule has 33 heavy (non-hydrogen) atoms. The lowest BCUT2D eigenvalue weighted by Crippen LogP contribution is -2.18. The first-order valence-corrected chi connectivity index (χ1v) is 12.0. The first kappa shape index (κ1) is 23.1. The Morgan fingerprint density at radius 2 is 1.91 bits per heavy atom. The number of benzene rings is 2. The molecule has 2 aromatic carbocycles. The van der Waals surface area contributed by atoms with E-state index >= 15 is 0 Å². The summed E-state index contributed by atoms with van der Waals surface area (Å²) >= 11 is 7.81. The molecular formula is C24H25ClN6OS. The number of hydrogen-bond donors (Lipinski definition) is 1. The van der Waals surface area contributed by atoms with Gasteiger partial charge in [0.25, 0.3) is 0 Å². The SMILES string of the molecule is Cc1ccc(C)c(-n2c(SCC(=O)Nc3ccnn3C(C)C)nnc2-c2ccccc2Cl)c1. The number of carbonyl (C=O) groups is 1. The number of nitrogens with zero attached hydrogens (tertiary/aromatic N) is 5. The summed E-state index contributed by atoms with van der Waals surface area (Å²) in [6.07, 6.45) is 1.68. The zero-order valence-electron chi connectivity index (χ0n) is 18.9. The van der Waals surface area contributed by atoms with E-state index in [4.69, 9.17) is 11.6 Å². The molecule has 0 aliphatic heterocycles. The van der Waals surface area contributed by atoms with Gasteiger partial charge in [0.2, 0.25) is 5.91 Å². The molecule has 7 nitrogen and oxygen atoms in total. The summed E-state index contributed by atoms with van der Waals surface area (Å²) in [5, 5.41) is 17.3. The van der Waals surface area contributed by atoms with Crippen LogP contribution in [0, 0.1) is 13.8 Å². The van der Waals surface area contributed by atoms with Crippen molar-refractivity contribution in [1.82, 2.24) is 24.5 Å². The maximum atomic E-state index is 12.7. The molecule has 0 aliphatic carbocycles. The summed E-state index contributed by atoms with van der Waals surface area (Å²) in [5.41, 5.74) is 3.92. The maximum absolute atomic E-state index is 12.7. The number of aryl methyl sites for hydroxylation is 2. The van der Waals surface area contributed by atoms with Crippen LogP contribution in [0.3, 0.4) is 0 Å². The number of halogens is 1. The number of carbonyl (C=O) groups excluding carboxylic acids is 1. The Labute approximate surface area is 202 Å². The Hall–Kier alpha value is -3.10. The second kappa shape index (κ2) is 9.80. The number of amides is 1. The van der Waals surface area contributed by atoms with Crippen LogP contribution in [0.5, 0.6) is 0 Å². The third-order valence-electron chi connectivity index (χ3n) is 5.11. The van der Waals surface area contributed by atoms with Crippen LogP contribution in [0.25, 0.3) is 17.1 Å². The van der Waals surface area contributed by atoms with E-state index in [9.17, 15) is 4.79 Å². The van der Waals surface area contributed by atoms with Gasteiger partial charge in [-0.25, -0.2) is 4.68 Å². The molecule has 1 N–H and O–H groups in total. The normalized spacial score (nSPS) is 11.2. The van der Waals surface area contributed by atoms with Crippen LogP contribution in [0.4, 0.5) is 5.82 Å². The van der Waals surface area contributed by atoms with Crippen molar-refractivity contribution in [3.05, 3.63) is 70.9 Å². The minimum atomic E-state index is -0.141. The molecule has 0 spiro atoms. The van der Waals surface area contributed by atoms with Gasteiger partial charge in [-0.15, -0.1) is 10.2 Å². The summed E-state index contributed by atoms with van der Waals surface area (Å²) in [7, 11) is 0. The van der Waals surface area contributed by atoms with Crippen LogP contribution < -0.4 is 5.32 Å². The maximum Gasteiger partial charge on any atom is 0.235 e. The molecule has 4 aromatic rings. The summed E-state index contributed by atoms with van der Waals surface area (Å²) in [6.45, 7) is 8.11. The topological polar surface area (TPSA) is 77.6 Å². The predicted octanol–water partition coefficient (Wildman–Crippen LogP) is 5.71. The zero-order chi connectivity index (χ0) is 23.5.